The molecule has 15 nitrogen and oxygen atoms in total. The van der Waals surface area contributed by atoms with Crippen LogP contribution in [0.3, 0.4) is 0 Å². The Balaban J connectivity index is 1.56. The summed E-state index contributed by atoms with van der Waals surface area (Å²) in [7, 11) is 0. The smallest absolute Gasteiger partial charge is 0.413 e. The molecule has 3 N–H and O–H groups in total. The summed E-state index contributed by atoms with van der Waals surface area (Å²) in [4.78, 5) is 80.4. The molecule has 1 fully saturated rings. The van der Waals surface area contributed by atoms with Crippen molar-refractivity contribution in [3.63, 3.8) is 0 Å². The maximum absolute atomic E-state index is 13.7. The molecule has 18 heteroatoms. The molecule has 0 bridgehead atoms. The average Bonchev–Trinajstić information content (AvgIpc) is 3.44. The Morgan fingerprint density at radius 1 is 1.06 bits per heavy atom. The van der Waals surface area contributed by atoms with Gasteiger partial charge in [0, 0.05) is 34.2 Å². The normalized spacial score (nSPS) is 18.2. The zero-order valence-electron chi connectivity index (χ0n) is 28.2. The predicted octanol–water partition coefficient (Wildman–Crippen LogP) is 4.26. The summed E-state index contributed by atoms with van der Waals surface area (Å²) in [5.41, 5.74) is -3.22. The van der Waals surface area contributed by atoms with E-state index < -0.39 is 63.8 Å². The van der Waals surface area contributed by atoms with E-state index in [1.54, 1.807) is 66.1 Å². The summed E-state index contributed by atoms with van der Waals surface area (Å²) >= 11 is 3.72. The zero-order valence-corrected chi connectivity index (χ0v) is 30.6. The number of carboxylic acid groups (broad SMARTS) is 1. The minimum absolute atomic E-state index is 0.0324. The fourth-order valence-corrected chi connectivity index (χ4v) is 7.29. The van der Waals surface area contributed by atoms with E-state index in [9.17, 15) is 29.1 Å². The van der Waals surface area contributed by atoms with Gasteiger partial charge in [-0.15, -0.1) is 34.9 Å². The number of nitrogens with one attached hydrogen (secondary N) is 2. The second-order valence-electron chi connectivity index (χ2n) is 13.3. The number of amides is 3. The fourth-order valence-electron chi connectivity index (χ4n) is 4.24. The molecule has 4 heterocycles. The number of esters is 1. The lowest BCUT2D eigenvalue weighted by Gasteiger charge is -2.49. The molecule has 2 aliphatic rings. The lowest BCUT2D eigenvalue weighted by Crippen LogP contribution is -2.71. The third kappa shape index (κ3) is 9.72. The number of nitrogens with zero attached hydrogens (tertiary/aromatic N) is 4. The molecule has 0 unspecified atom stereocenters. The molecule has 2 aromatic rings. The second-order valence-corrected chi connectivity index (χ2v) is 16.3. The van der Waals surface area contributed by atoms with Gasteiger partial charge in [0.15, 0.2) is 10.8 Å². The number of hydrogen-bond donors (Lipinski definition) is 3. The van der Waals surface area contributed by atoms with Crippen LogP contribution in [-0.4, -0.2) is 95.3 Å². The number of fused-ring (bicyclic) bond motifs is 1. The number of ether oxygens (including phenoxy) is 2. The molecule has 0 aliphatic carbocycles. The Labute approximate surface area is 295 Å². The van der Waals surface area contributed by atoms with E-state index in [2.05, 4.69) is 25.8 Å². The highest BCUT2D eigenvalue weighted by atomic mass is 32.2. The molecule has 0 radical (unpaired) electrons. The summed E-state index contributed by atoms with van der Waals surface area (Å²) in [5, 5.41) is 20.0. The van der Waals surface area contributed by atoms with Gasteiger partial charge in [0.1, 0.15) is 34.0 Å². The third-order valence-corrected chi connectivity index (χ3v) is 9.62. The molecule has 2 aromatic heterocycles. The summed E-state index contributed by atoms with van der Waals surface area (Å²) in [6, 6.07) is 2.52. The Bertz CT molecular complexity index is 1680. The van der Waals surface area contributed by atoms with E-state index >= 15 is 0 Å². The lowest BCUT2D eigenvalue weighted by molar-refractivity contribution is -0.179. The first kappa shape index (κ1) is 37.7. The van der Waals surface area contributed by atoms with Crippen LogP contribution in [-0.2, 0) is 33.5 Å². The number of carboxylic acids is 1. The number of carbonyl (C=O) groups excluding carboxylic acids is 4. The molecule has 4 rings (SSSR count). The van der Waals surface area contributed by atoms with Crippen molar-refractivity contribution in [3.8, 4) is 0 Å². The van der Waals surface area contributed by atoms with Crippen molar-refractivity contribution >= 4 is 75.6 Å². The molecular weight excluding hydrogens is 697 g/mol. The Hall–Kier alpha value is -4.16. The molecule has 3 amide bonds. The van der Waals surface area contributed by atoms with Gasteiger partial charge in [0.05, 0.1) is 0 Å². The number of anilines is 1. The first-order chi connectivity index (χ1) is 22.8. The number of pyridine rings is 1. The maximum atomic E-state index is 13.7. The van der Waals surface area contributed by atoms with E-state index in [0.717, 1.165) is 16.2 Å². The van der Waals surface area contributed by atoms with E-state index in [1.807, 2.05) is 0 Å². The molecule has 1 saturated heterocycles. The molecule has 2 aliphatic heterocycles. The monoisotopic (exact) mass is 734 g/mol. The Kier molecular flexibility index (Phi) is 11.3. The quantitative estimate of drug-likeness (QED) is 0.0974. The largest absolute Gasteiger partial charge is 0.477 e. The highest BCUT2D eigenvalue weighted by molar-refractivity contribution is 8.01. The van der Waals surface area contributed by atoms with Gasteiger partial charge in [-0.2, -0.15) is 0 Å². The van der Waals surface area contributed by atoms with Crippen LogP contribution in [0, 0.1) is 0 Å². The van der Waals surface area contributed by atoms with Crippen LogP contribution in [0.15, 0.2) is 51.2 Å². The highest BCUT2D eigenvalue weighted by Crippen LogP contribution is 2.41. The molecule has 0 spiro atoms. The number of oxime groups is 1. The number of carbonyl (C=O) groups is 5. The zero-order chi connectivity index (χ0) is 36.3. The first-order valence-corrected chi connectivity index (χ1v) is 17.9. The van der Waals surface area contributed by atoms with Gasteiger partial charge in [0.25, 0.3) is 11.8 Å². The Morgan fingerprint density at radius 3 is 2.33 bits per heavy atom. The minimum Gasteiger partial charge on any atom is -0.477 e. The second kappa shape index (κ2) is 14.8. The third-order valence-electron chi connectivity index (χ3n) is 6.42. The van der Waals surface area contributed by atoms with Gasteiger partial charge in [-0.3, -0.25) is 24.8 Å². The number of aliphatic carboxylic acids is 1. The van der Waals surface area contributed by atoms with Crippen LogP contribution >= 0.6 is 34.9 Å². The van der Waals surface area contributed by atoms with Crippen LogP contribution in [0.4, 0.5) is 9.93 Å². The van der Waals surface area contributed by atoms with Crippen molar-refractivity contribution in [2.75, 3.05) is 16.8 Å². The van der Waals surface area contributed by atoms with Gasteiger partial charge in [-0.1, -0.05) is 5.16 Å². The molecule has 0 saturated carbocycles. The summed E-state index contributed by atoms with van der Waals surface area (Å²) in [6.45, 7) is 13.0. The van der Waals surface area contributed by atoms with Gasteiger partial charge < -0.3 is 24.7 Å². The topological polar surface area (TPSA) is 199 Å². The van der Waals surface area contributed by atoms with Crippen molar-refractivity contribution in [2.45, 2.75) is 88.5 Å². The van der Waals surface area contributed by atoms with Crippen LogP contribution in [0.25, 0.3) is 0 Å². The van der Waals surface area contributed by atoms with Crippen LogP contribution in [0.1, 0.15) is 61.1 Å². The number of aromatic nitrogens is 2. The Morgan fingerprint density at radius 2 is 1.71 bits per heavy atom. The number of thiazole rings is 1. The molecular formula is C31H38N6O9S3. The van der Waals surface area contributed by atoms with E-state index in [-0.39, 0.29) is 16.5 Å². The number of thioether (sulfide) groups is 2. The average molecular weight is 735 g/mol. The molecule has 49 heavy (non-hydrogen) atoms. The van der Waals surface area contributed by atoms with E-state index in [1.165, 1.54) is 47.7 Å². The van der Waals surface area contributed by atoms with Crippen molar-refractivity contribution in [2.24, 2.45) is 5.16 Å². The minimum atomic E-state index is -1.64. The molecule has 264 valence electrons. The van der Waals surface area contributed by atoms with Crippen molar-refractivity contribution < 1.29 is 43.4 Å². The van der Waals surface area contributed by atoms with Gasteiger partial charge in [-0.05, 0) is 73.1 Å². The SMILES string of the molecule is CC(C)(C)OC(=O)Nc1nc(C(=NOC(C)(C)C(=O)OC(C)(C)C)C(=O)N[C@@H]2C(=O)N3C(C(=O)O)=C(CSc4ccncc4)CS[C@H]23)cs1. The first-order valence-electron chi connectivity index (χ1n) is 14.9. The van der Waals surface area contributed by atoms with Crippen LogP contribution in [0.2, 0.25) is 0 Å². The van der Waals surface area contributed by atoms with Crippen molar-refractivity contribution in [1.29, 1.82) is 0 Å². The number of β-lactam (4-membered cyclic amide) rings is 1. The maximum Gasteiger partial charge on any atom is 0.413 e. The summed E-state index contributed by atoms with van der Waals surface area (Å²) in [6.07, 6.45) is 2.50. The van der Waals surface area contributed by atoms with Crippen LogP contribution < -0.4 is 10.6 Å². The summed E-state index contributed by atoms with van der Waals surface area (Å²) in [5.74, 6) is -2.83. The van der Waals surface area contributed by atoms with Gasteiger partial charge in [-0.25, -0.2) is 19.4 Å². The standard InChI is InChI=1S/C31H38N6O9S3/c1-29(2,3)44-26(42)31(7,8)46-36-19(18-15-49-27(33-18)35-28(43)45-30(4,5)6)22(38)34-20-23(39)37-21(25(40)41)16(14-48-24(20)37)13-47-17-9-11-32-12-10-17/h9-12,15,20,24H,13-14H2,1-8H3,(H,34,38)(H,40,41)(H,33,35,43)/t20-,24-/m1/s1. The van der Waals surface area contributed by atoms with Crippen molar-refractivity contribution in [1.82, 2.24) is 20.2 Å². The fraction of sp³-hybridized carbons (Fsp3) is 0.484. The predicted molar refractivity (Wildman–Crippen MR) is 184 cm³/mol. The molecule has 0 aromatic carbocycles. The van der Waals surface area contributed by atoms with E-state index in [4.69, 9.17) is 14.3 Å². The summed E-state index contributed by atoms with van der Waals surface area (Å²) < 4.78 is 10.7. The van der Waals surface area contributed by atoms with Crippen LogP contribution in [0.5, 0.6) is 0 Å². The number of rotatable bonds is 11. The van der Waals surface area contributed by atoms with E-state index in [0.29, 0.717) is 17.1 Å². The van der Waals surface area contributed by atoms with Gasteiger partial charge >= 0.3 is 18.0 Å². The van der Waals surface area contributed by atoms with Gasteiger partial charge in [0.2, 0.25) is 5.60 Å². The number of hydrogen-bond acceptors (Lipinski definition) is 14. The molecule has 2 atom stereocenters. The lowest BCUT2D eigenvalue weighted by atomic mass is 10.0. The van der Waals surface area contributed by atoms with Crippen molar-refractivity contribution in [3.05, 3.63) is 46.9 Å². The highest BCUT2D eigenvalue weighted by Gasteiger charge is 2.54.